The molecule has 0 aliphatic heterocycles. The second-order valence-electron chi connectivity index (χ2n) is 8.06. The zero-order valence-electron chi connectivity index (χ0n) is 19.8. The van der Waals surface area contributed by atoms with Gasteiger partial charge in [-0.1, -0.05) is 12.1 Å². The number of ether oxygens (including phenoxy) is 1. The highest BCUT2D eigenvalue weighted by Crippen LogP contribution is 2.51. The molecule has 1 N–H and O–H groups in total. The van der Waals surface area contributed by atoms with Crippen molar-refractivity contribution in [3.8, 4) is 11.5 Å². The smallest absolute Gasteiger partial charge is 0.487 e. The lowest BCUT2D eigenvalue weighted by molar-refractivity contribution is 0.167. The first-order valence-corrected chi connectivity index (χ1v) is 13.1. The van der Waals surface area contributed by atoms with E-state index in [2.05, 4.69) is 16.4 Å². The first kappa shape index (κ1) is 24.3. The predicted octanol–water partition coefficient (Wildman–Crippen LogP) is 7.15. The summed E-state index contributed by atoms with van der Waals surface area (Å²) in [6, 6.07) is 17.5. The summed E-state index contributed by atoms with van der Waals surface area (Å²) in [6.07, 6.45) is 4.09. The van der Waals surface area contributed by atoms with Crippen LogP contribution in [-0.2, 0) is 20.2 Å². The van der Waals surface area contributed by atoms with Crippen molar-refractivity contribution >= 4 is 19.2 Å². The van der Waals surface area contributed by atoms with Gasteiger partial charge in [0.1, 0.15) is 18.1 Å². The van der Waals surface area contributed by atoms with Crippen LogP contribution in [-0.4, -0.2) is 18.2 Å². The Morgan fingerprint density at radius 3 is 2.47 bits per heavy atom. The fourth-order valence-corrected chi connectivity index (χ4v) is 4.89. The van der Waals surface area contributed by atoms with Crippen LogP contribution in [0.3, 0.4) is 0 Å². The van der Waals surface area contributed by atoms with Crippen molar-refractivity contribution in [3.63, 3.8) is 0 Å². The monoisotopic (exact) mass is 482 g/mol. The fraction of sp³-hybridized carbons (Fsp3) is 0.346. The first-order chi connectivity index (χ1) is 16.5. The molecule has 4 rings (SSSR count). The predicted molar refractivity (Wildman–Crippen MR) is 133 cm³/mol. The highest BCUT2D eigenvalue weighted by atomic mass is 31.2. The van der Waals surface area contributed by atoms with E-state index in [4.69, 9.17) is 18.3 Å². The molecule has 1 aliphatic carbocycles. The number of pyridine rings is 1. The van der Waals surface area contributed by atoms with Gasteiger partial charge in [-0.05, 0) is 87.6 Å². The Kier molecular flexibility index (Phi) is 7.88. The maximum Gasteiger partial charge on any atom is 0.530 e. The molecule has 1 heterocycles. The standard InChI is InChI=1S/C26H31N2O5P/c1-4-31-34(29,32-5-2)33-26-11-8-10-24(19(26)3)28-25-15-14-22(17-23(25)20-12-13-20)30-18-21-9-6-7-16-27-21/h6-11,14-17,20,28H,4-5,12-13,18H2,1-3H3. The molecule has 1 aromatic heterocycles. The van der Waals surface area contributed by atoms with Crippen LogP contribution in [0.15, 0.2) is 60.8 Å². The molecule has 0 radical (unpaired) electrons. The van der Waals surface area contributed by atoms with Gasteiger partial charge in [-0.25, -0.2) is 4.57 Å². The summed E-state index contributed by atoms with van der Waals surface area (Å²) in [5.41, 5.74) is 4.81. The molecule has 7 nitrogen and oxygen atoms in total. The van der Waals surface area contributed by atoms with Crippen LogP contribution < -0.4 is 14.6 Å². The van der Waals surface area contributed by atoms with Gasteiger partial charge in [0.2, 0.25) is 0 Å². The van der Waals surface area contributed by atoms with Crippen molar-refractivity contribution in [2.24, 2.45) is 0 Å². The number of hydrogen-bond acceptors (Lipinski definition) is 7. The average molecular weight is 483 g/mol. The molecule has 34 heavy (non-hydrogen) atoms. The number of nitrogens with zero attached hydrogens (tertiary/aromatic N) is 1. The molecule has 0 saturated heterocycles. The van der Waals surface area contributed by atoms with E-state index in [9.17, 15) is 4.57 Å². The maximum atomic E-state index is 12.9. The summed E-state index contributed by atoms with van der Waals surface area (Å²) < 4.78 is 35.1. The Morgan fingerprint density at radius 1 is 1.00 bits per heavy atom. The van der Waals surface area contributed by atoms with Gasteiger partial charge < -0.3 is 14.6 Å². The van der Waals surface area contributed by atoms with Gasteiger partial charge in [0.25, 0.3) is 0 Å². The number of aromatic nitrogens is 1. The number of nitrogens with one attached hydrogen (secondary N) is 1. The van der Waals surface area contributed by atoms with Crippen LogP contribution >= 0.6 is 7.82 Å². The Morgan fingerprint density at radius 2 is 1.79 bits per heavy atom. The zero-order chi connectivity index (χ0) is 24.0. The molecule has 180 valence electrons. The first-order valence-electron chi connectivity index (χ1n) is 11.6. The van der Waals surface area contributed by atoms with Crippen LogP contribution in [0.5, 0.6) is 11.5 Å². The third kappa shape index (κ3) is 6.17. The molecule has 1 fully saturated rings. The summed E-state index contributed by atoms with van der Waals surface area (Å²) in [5, 5.41) is 3.53. The van der Waals surface area contributed by atoms with Crippen molar-refractivity contribution in [2.45, 2.75) is 46.1 Å². The molecule has 2 aromatic carbocycles. The van der Waals surface area contributed by atoms with E-state index in [0.29, 0.717) is 18.3 Å². The lowest BCUT2D eigenvalue weighted by Crippen LogP contribution is -2.04. The van der Waals surface area contributed by atoms with Crippen LogP contribution in [0.4, 0.5) is 11.4 Å². The van der Waals surface area contributed by atoms with E-state index in [0.717, 1.165) is 41.2 Å². The summed E-state index contributed by atoms with van der Waals surface area (Å²) in [6.45, 7) is 6.31. The Bertz CT molecular complexity index is 1140. The van der Waals surface area contributed by atoms with Crippen molar-refractivity contribution in [3.05, 3.63) is 77.6 Å². The number of hydrogen-bond donors (Lipinski definition) is 1. The molecular weight excluding hydrogens is 451 g/mol. The molecule has 0 unspecified atom stereocenters. The van der Waals surface area contributed by atoms with E-state index < -0.39 is 7.82 Å². The zero-order valence-corrected chi connectivity index (χ0v) is 20.7. The lowest BCUT2D eigenvalue weighted by Gasteiger charge is -2.20. The average Bonchev–Trinajstić information content (AvgIpc) is 3.67. The van der Waals surface area contributed by atoms with Gasteiger partial charge in [-0.2, -0.15) is 0 Å². The number of rotatable bonds is 12. The van der Waals surface area contributed by atoms with Crippen molar-refractivity contribution < 1.29 is 22.9 Å². The van der Waals surface area contributed by atoms with Gasteiger partial charge in [-0.15, -0.1) is 0 Å². The number of benzene rings is 2. The summed E-state index contributed by atoms with van der Waals surface area (Å²) in [5.74, 6) is 1.79. The molecule has 3 aromatic rings. The quantitative estimate of drug-likeness (QED) is 0.275. The number of phosphoric ester groups is 1. The third-order valence-electron chi connectivity index (χ3n) is 5.49. The van der Waals surface area contributed by atoms with Crippen LogP contribution in [0.1, 0.15) is 49.4 Å². The van der Waals surface area contributed by atoms with Gasteiger partial charge in [0.05, 0.1) is 18.9 Å². The highest BCUT2D eigenvalue weighted by Gasteiger charge is 2.29. The number of phosphoric acid groups is 1. The van der Waals surface area contributed by atoms with E-state index in [1.165, 1.54) is 5.56 Å². The summed E-state index contributed by atoms with van der Waals surface area (Å²) in [4.78, 5) is 4.32. The van der Waals surface area contributed by atoms with Crippen LogP contribution in [0.2, 0.25) is 0 Å². The van der Waals surface area contributed by atoms with Gasteiger partial charge in [0.15, 0.2) is 0 Å². The van der Waals surface area contributed by atoms with Crippen molar-refractivity contribution in [1.29, 1.82) is 0 Å². The van der Waals surface area contributed by atoms with Gasteiger partial charge in [0, 0.05) is 23.1 Å². The molecule has 1 aliphatic rings. The van der Waals surface area contributed by atoms with E-state index >= 15 is 0 Å². The Hall–Kier alpha value is -2.86. The van der Waals surface area contributed by atoms with Crippen molar-refractivity contribution in [2.75, 3.05) is 18.5 Å². The SMILES string of the molecule is CCOP(=O)(OCC)Oc1cccc(Nc2ccc(OCc3ccccn3)cc2C2CC2)c1C. The summed E-state index contributed by atoms with van der Waals surface area (Å²) >= 11 is 0. The molecular formula is C26H31N2O5P. The maximum absolute atomic E-state index is 12.9. The molecule has 0 spiro atoms. The Labute approximate surface area is 201 Å². The minimum absolute atomic E-state index is 0.230. The molecule has 1 saturated carbocycles. The molecule has 0 bridgehead atoms. The van der Waals surface area contributed by atoms with Crippen LogP contribution in [0, 0.1) is 6.92 Å². The molecule has 0 amide bonds. The van der Waals surface area contributed by atoms with Crippen LogP contribution in [0.25, 0.3) is 0 Å². The molecule has 8 heteroatoms. The van der Waals surface area contributed by atoms with E-state index in [1.54, 1.807) is 26.1 Å². The van der Waals surface area contributed by atoms with E-state index in [1.807, 2.05) is 49.4 Å². The van der Waals surface area contributed by atoms with Gasteiger partial charge >= 0.3 is 7.82 Å². The topological polar surface area (TPSA) is 78.9 Å². The second-order valence-corrected chi connectivity index (χ2v) is 9.65. The molecule has 0 atom stereocenters. The highest BCUT2D eigenvalue weighted by molar-refractivity contribution is 7.48. The third-order valence-corrected chi connectivity index (χ3v) is 7.06. The van der Waals surface area contributed by atoms with Crippen molar-refractivity contribution in [1.82, 2.24) is 4.98 Å². The minimum Gasteiger partial charge on any atom is -0.487 e. The Balaban J connectivity index is 1.53. The second kappa shape index (κ2) is 11.0. The number of anilines is 2. The normalized spacial score (nSPS) is 13.5. The van der Waals surface area contributed by atoms with E-state index in [-0.39, 0.29) is 13.2 Å². The summed E-state index contributed by atoms with van der Waals surface area (Å²) in [7, 11) is -3.67. The van der Waals surface area contributed by atoms with Gasteiger partial charge in [-0.3, -0.25) is 14.0 Å². The minimum atomic E-state index is -3.67. The lowest BCUT2D eigenvalue weighted by atomic mass is 10.1. The fourth-order valence-electron chi connectivity index (χ4n) is 3.64. The largest absolute Gasteiger partial charge is 0.530 e.